The molecule has 6 nitrogen and oxygen atoms in total. The molecule has 0 atom stereocenters. The number of nitrogens with zero attached hydrogens (tertiary/aromatic N) is 3. The number of halogens is 1. The first-order chi connectivity index (χ1) is 9.54. The summed E-state index contributed by atoms with van der Waals surface area (Å²) in [4.78, 5) is 11.9. The van der Waals surface area contributed by atoms with Gasteiger partial charge in [0.05, 0.1) is 11.5 Å². The Bertz CT molecular complexity index is 623. The maximum Gasteiger partial charge on any atom is 0.333 e. The Kier molecular flexibility index (Phi) is 4.77. The Morgan fingerprint density at radius 2 is 2.35 bits per heavy atom. The van der Waals surface area contributed by atoms with Crippen LogP contribution in [0.3, 0.4) is 0 Å². The topological polar surface area (TPSA) is 73.0 Å². The van der Waals surface area contributed by atoms with Crippen molar-refractivity contribution in [3.05, 3.63) is 36.6 Å². The lowest BCUT2D eigenvalue weighted by atomic mass is 10.3. The van der Waals surface area contributed by atoms with E-state index in [0.717, 1.165) is 15.8 Å². The number of aryl methyl sites for hydroxylation is 2. The maximum atomic E-state index is 11.2. The van der Waals surface area contributed by atoms with Gasteiger partial charge in [-0.15, -0.1) is 11.3 Å². The zero-order valence-electron chi connectivity index (χ0n) is 11.2. The van der Waals surface area contributed by atoms with Crippen LogP contribution in [0.15, 0.2) is 15.9 Å². The molecule has 2 aromatic heterocycles. The molecule has 8 heteroatoms. The molecule has 2 rings (SSSR count). The quantitative estimate of drug-likeness (QED) is 0.626. The van der Waals surface area contributed by atoms with Crippen LogP contribution in [0.2, 0.25) is 0 Å². The first-order valence-electron chi connectivity index (χ1n) is 6.22. The molecule has 0 fully saturated rings. The standard InChI is InChI=1S/C12H15BrN4O2S/c1-3-5-16-12(11(17(18)19)8(2)15-16)14-7-10-9(13)4-6-20-10/h4,6,14H,3,5,7H2,1-2H3. The Labute approximate surface area is 129 Å². The molecule has 0 unspecified atom stereocenters. The van der Waals surface area contributed by atoms with Gasteiger partial charge in [0.1, 0.15) is 5.69 Å². The molecule has 0 aromatic carbocycles. The van der Waals surface area contributed by atoms with E-state index in [1.165, 1.54) is 0 Å². The Morgan fingerprint density at radius 1 is 1.60 bits per heavy atom. The van der Waals surface area contributed by atoms with E-state index in [4.69, 9.17) is 0 Å². The van der Waals surface area contributed by atoms with Gasteiger partial charge in [-0.1, -0.05) is 6.92 Å². The molecular formula is C12H15BrN4O2S. The van der Waals surface area contributed by atoms with E-state index < -0.39 is 0 Å². The number of aromatic nitrogens is 2. The van der Waals surface area contributed by atoms with Crippen molar-refractivity contribution in [2.75, 3.05) is 5.32 Å². The third-order valence-electron chi connectivity index (χ3n) is 2.82. The third kappa shape index (κ3) is 3.01. The van der Waals surface area contributed by atoms with Gasteiger partial charge in [0.15, 0.2) is 0 Å². The second kappa shape index (κ2) is 6.36. The van der Waals surface area contributed by atoms with Crippen molar-refractivity contribution >= 4 is 38.8 Å². The number of rotatable bonds is 6. The fourth-order valence-electron chi connectivity index (χ4n) is 1.95. The summed E-state index contributed by atoms with van der Waals surface area (Å²) in [7, 11) is 0. The summed E-state index contributed by atoms with van der Waals surface area (Å²) in [6, 6.07) is 1.96. The summed E-state index contributed by atoms with van der Waals surface area (Å²) < 4.78 is 2.69. The molecule has 0 amide bonds. The fourth-order valence-corrected chi connectivity index (χ4v) is 3.39. The summed E-state index contributed by atoms with van der Waals surface area (Å²) >= 11 is 5.06. The van der Waals surface area contributed by atoms with Gasteiger partial charge in [-0.25, -0.2) is 4.68 Å². The van der Waals surface area contributed by atoms with Gasteiger partial charge in [-0.2, -0.15) is 5.10 Å². The van der Waals surface area contributed by atoms with Crippen molar-refractivity contribution in [2.24, 2.45) is 0 Å². The first kappa shape index (κ1) is 15.0. The van der Waals surface area contributed by atoms with E-state index in [-0.39, 0.29) is 10.6 Å². The van der Waals surface area contributed by atoms with Crippen LogP contribution in [0.5, 0.6) is 0 Å². The zero-order chi connectivity index (χ0) is 14.7. The van der Waals surface area contributed by atoms with Crippen molar-refractivity contribution in [3.8, 4) is 0 Å². The summed E-state index contributed by atoms with van der Waals surface area (Å²) in [6.07, 6.45) is 0.871. The molecule has 0 saturated heterocycles. The van der Waals surface area contributed by atoms with Gasteiger partial charge in [0.2, 0.25) is 5.82 Å². The van der Waals surface area contributed by atoms with E-state index in [0.29, 0.717) is 24.6 Å². The molecular weight excluding hydrogens is 344 g/mol. The zero-order valence-corrected chi connectivity index (χ0v) is 13.6. The van der Waals surface area contributed by atoms with Crippen LogP contribution in [0, 0.1) is 17.0 Å². The van der Waals surface area contributed by atoms with E-state index in [9.17, 15) is 10.1 Å². The predicted molar refractivity (Wildman–Crippen MR) is 83.3 cm³/mol. The number of hydrogen-bond acceptors (Lipinski definition) is 5. The molecule has 0 saturated carbocycles. The number of thiophene rings is 1. The Morgan fingerprint density at radius 3 is 2.90 bits per heavy atom. The highest BCUT2D eigenvalue weighted by molar-refractivity contribution is 9.10. The fraction of sp³-hybridized carbons (Fsp3) is 0.417. The minimum Gasteiger partial charge on any atom is -0.360 e. The Hall–Kier alpha value is -1.41. The predicted octanol–water partition coefficient (Wildman–Crippen LogP) is 3.95. The van der Waals surface area contributed by atoms with Crippen LogP contribution in [0.25, 0.3) is 0 Å². The molecule has 0 radical (unpaired) electrons. The molecule has 0 aliphatic carbocycles. The molecule has 1 N–H and O–H groups in total. The van der Waals surface area contributed by atoms with E-state index in [1.807, 2.05) is 18.4 Å². The highest BCUT2D eigenvalue weighted by Gasteiger charge is 2.25. The minimum absolute atomic E-state index is 0.0612. The van der Waals surface area contributed by atoms with Crippen LogP contribution >= 0.6 is 27.3 Å². The maximum absolute atomic E-state index is 11.2. The van der Waals surface area contributed by atoms with E-state index in [1.54, 1.807) is 22.9 Å². The average Bonchev–Trinajstić information content (AvgIpc) is 2.91. The normalized spacial score (nSPS) is 10.8. The Balaban J connectivity index is 2.28. The summed E-state index contributed by atoms with van der Waals surface area (Å²) in [5.74, 6) is 0.481. The number of nitro groups is 1. The van der Waals surface area contributed by atoms with Crippen molar-refractivity contribution in [3.63, 3.8) is 0 Å². The van der Waals surface area contributed by atoms with Gasteiger partial charge in [0, 0.05) is 15.9 Å². The summed E-state index contributed by atoms with van der Waals surface area (Å²) in [5, 5.41) is 20.6. The van der Waals surface area contributed by atoms with Crippen LogP contribution in [0.1, 0.15) is 23.9 Å². The van der Waals surface area contributed by atoms with Crippen molar-refractivity contribution in [1.82, 2.24) is 9.78 Å². The largest absolute Gasteiger partial charge is 0.360 e. The molecule has 0 bridgehead atoms. The van der Waals surface area contributed by atoms with Gasteiger partial charge < -0.3 is 5.32 Å². The molecule has 2 aromatic rings. The van der Waals surface area contributed by atoms with E-state index in [2.05, 4.69) is 26.3 Å². The summed E-state index contributed by atoms with van der Waals surface area (Å²) in [6.45, 7) is 4.87. The monoisotopic (exact) mass is 358 g/mol. The van der Waals surface area contributed by atoms with Crippen molar-refractivity contribution < 1.29 is 4.92 Å². The SMILES string of the molecule is CCCn1nc(C)c([N+](=O)[O-])c1NCc1sccc1Br. The molecule has 0 aliphatic heterocycles. The average molecular weight is 359 g/mol. The van der Waals surface area contributed by atoms with Crippen LogP contribution in [-0.4, -0.2) is 14.7 Å². The molecule has 0 spiro atoms. The molecule has 108 valence electrons. The second-order valence-electron chi connectivity index (χ2n) is 4.31. The van der Waals surface area contributed by atoms with Crippen molar-refractivity contribution in [1.29, 1.82) is 0 Å². The van der Waals surface area contributed by atoms with Crippen LogP contribution in [-0.2, 0) is 13.1 Å². The van der Waals surface area contributed by atoms with Gasteiger partial charge in [0.25, 0.3) is 0 Å². The van der Waals surface area contributed by atoms with Gasteiger partial charge in [-0.05, 0) is 40.7 Å². The number of hydrogen-bond donors (Lipinski definition) is 1. The van der Waals surface area contributed by atoms with E-state index >= 15 is 0 Å². The lowest BCUT2D eigenvalue weighted by molar-refractivity contribution is -0.384. The van der Waals surface area contributed by atoms with Crippen LogP contribution < -0.4 is 5.32 Å². The highest BCUT2D eigenvalue weighted by atomic mass is 79.9. The highest BCUT2D eigenvalue weighted by Crippen LogP contribution is 2.30. The first-order valence-corrected chi connectivity index (χ1v) is 7.89. The van der Waals surface area contributed by atoms with Crippen molar-refractivity contribution in [2.45, 2.75) is 33.4 Å². The second-order valence-corrected chi connectivity index (χ2v) is 6.16. The molecule has 2 heterocycles. The summed E-state index contributed by atoms with van der Waals surface area (Å²) in [5.41, 5.74) is 0.502. The molecule has 20 heavy (non-hydrogen) atoms. The van der Waals surface area contributed by atoms with Crippen LogP contribution in [0.4, 0.5) is 11.5 Å². The minimum atomic E-state index is -0.375. The smallest absolute Gasteiger partial charge is 0.333 e. The number of nitrogens with one attached hydrogen (secondary N) is 1. The third-order valence-corrected chi connectivity index (χ3v) is 4.75. The number of anilines is 1. The van der Waals surface area contributed by atoms with Gasteiger partial charge in [-0.3, -0.25) is 10.1 Å². The molecule has 0 aliphatic rings. The lowest BCUT2D eigenvalue weighted by Gasteiger charge is -2.07. The lowest BCUT2D eigenvalue weighted by Crippen LogP contribution is -2.08. The van der Waals surface area contributed by atoms with Gasteiger partial charge >= 0.3 is 5.69 Å².